The van der Waals surface area contributed by atoms with Gasteiger partial charge in [-0.15, -0.1) is 11.6 Å². The van der Waals surface area contributed by atoms with E-state index in [-0.39, 0.29) is 0 Å². The molecule has 0 N–H and O–H groups in total. The minimum absolute atomic E-state index is 0.377. The van der Waals surface area contributed by atoms with E-state index in [0.29, 0.717) is 11.6 Å². The Hall–Kier alpha value is -1.61. The number of aromatic nitrogens is 2. The summed E-state index contributed by atoms with van der Waals surface area (Å²) in [6.07, 6.45) is 3.43. The first-order valence-electron chi connectivity index (χ1n) is 5.31. The Morgan fingerprint density at radius 2 is 1.88 bits per heavy atom. The molecule has 0 aliphatic rings. The molecule has 0 aliphatic heterocycles. The lowest BCUT2D eigenvalue weighted by Crippen LogP contribution is -1.93. The van der Waals surface area contributed by atoms with Gasteiger partial charge in [-0.3, -0.25) is 9.97 Å². The molecule has 4 heteroatoms. The van der Waals surface area contributed by atoms with Crippen LogP contribution in [0, 0.1) is 13.8 Å². The minimum atomic E-state index is 0.377. The average molecular weight is 249 g/mol. The Bertz CT molecular complexity index is 511. The van der Waals surface area contributed by atoms with Crippen LogP contribution in [0.1, 0.15) is 17.0 Å². The fourth-order valence-electron chi connectivity index (χ4n) is 1.40. The minimum Gasteiger partial charge on any atom is -0.455 e. The zero-order valence-electron chi connectivity index (χ0n) is 9.77. The van der Waals surface area contributed by atoms with Gasteiger partial charge in [0.05, 0.1) is 12.1 Å². The quantitative estimate of drug-likeness (QED) is 0.778. The number of hydrogen-bond donors (Lipinski definition) is 0. The van der Waals surface area contributed by atoms with E-state index in [2.05, 4.69) is 9.97 Å². The fourth-order valence-corrected chi connectivity index (χ4v) is 1.60. The highest BCUT2D eigenvalue weighted by Gasteiger charge is 2.05. The third-order valence-electron chi connectivity index (χ3n) is 2.34. The van der Waals surface area contributed by atoms with Crippen LogP contribution in [-0.4, -0.2) is 9.97 Å². The van der Waals surface area contributed by atoms with E-state index in [9.17, 15) is 0 Å². The Kier molecular flexibility index (Phi) is 3.59. The normalized spacial score (nSPS) is 10.3. The number of hydrogen-bond acceptors (Lipinski definition) is 3. The Morgan fingerprint density at radius 1 is 1.12 bits per heavy atom. The highest BCUT2D eigenvalue weighted by Crippen LogP contribution is 2.26. The van der Waals surface area contributed by atoms with E-state index in [1.807, 2.05) is 32.0 Å². The van der Waals surface area contributed by atoms with Gasteiger partial charge in [0.2, 0.25) is 0 Å². The summed E-state index contributed by atoms with van der Waals surface area (Å²) in [5, 5.41) is 0. The highest BCUT2D eigenvalue weighted by molar-refractivity contribution is 6.17. The van der Waals surface area contributed by atoms with Crippen LogP contribution in [0.2, 0.25) is 0 Å². The van der Waals surface area contributed by atoms with E-state index in [4.69, 9.17) is 16.3 Å². The second kappa shape index (κ2) is 5.15. The molecule has 0 amide bonds. The summed E-state index contributed by atoms with van der Waals surface area (Å²) in [4.78, 5) is 8.37. The molecule has 0 aliphatic carbocycles. The molecular formula is C13H13ClN2O. The zero-order chi connectivity index (χ0) is 12.3. The van der Waals surface area contributed by atoms with Crippen molar-refractivity contribution in [1.82, 2.24) is 9.97 Å². The molecule has 88 valence electrons. The number of halogens is 1. The third-order valence-corrected chi connectivity index (χ3v) is 2.62. The Labute approximate surface area is 105 Å². The van der Waals surface area contributed by atoms with E-state index in [0.717, 1.165) is 22.7 Å². The van der Waals surface area contributed by atoms with Gasteiger partial charge in [0.15, 0.2) is 0 Å². The maximum Gasteiger partial charge on any atom is 0.145 e. The predicted octanol–water partition coefficient (Wildman–Crippen LogP) is 3.62. The molecule has 17 heavy (non-hydrogen) atoms. The number of ether oxygens (including phenoxy) is 1. The largest absolute Gasteiger partial charge is 0.455 e. The van der Waals surface area contributed by atoms with Crippen LogP contribution in [0.3, 0.4) is 0 Å². The summed E-state index contributed by atoms with van der Waals surface area (Å²) >= 11 is 5.84. The number of nitrogens with zero attached hydrogens (tertiary/aromatic N) is 2. The van der Waals surface area contributed by atoms with Crippen molar-refractivity contribution in [2.24, 2.45) is 0 Å². The smallest absolute Gasteiger partial charge is 0.145 e. The molecule has 0 aromatic carbocycles. The molecule has 3 nitrogen and oxygen atoms in total. The van der Waals surface area contributed by atoms with Crippen LogP contribution >= 0.6 is 11.6 Å². The van der Waals surface area contributed by atoms with E-state index in [1.54, 1.807) is 12.4 Å². The Morgan fingerprint density at radius 3 is 2.53 bits per heavy atom. The first-order valence-corrected chi connectivity index (χ1v) is 5.84. The fraction of sp³-hybridized carbons (Fsp3) is 0.231. The van der Waals surface area contributed by atoms with Gasteiger partial charge in [0.25, 0.3) is 0 Å². The van der Waals surface area contributed by atoms with Gasteiger partial charge < -0.3 is 4.74 Å². The number of pyridine rings is 2. The molecule has 0 bridgehead atoms. The van der Waals surface area contributed by atoms with E-state index in [1.165, 1.54) is 0 Å². The SMILES string of the molecule is Cc1ccc(Oc2cc(C)ncc2CCl)cn1. The molecule has 0 radical (unpaired) electrons. The number of alkyl halides is 1. The summed E-state index contributed by atoms with van der Waals surface area (Å²) in [7, 11) is 0. The highest BCUT2D eigenvalue weighted by atomic mass is 35.5. The van der Waals surface area contributed by atoms with Crippen LogP contribution in [-0.2, 0) is 5.88 Å². The summed E-state index contributed by atoms with van der Waals surface area (Å²) in [6, 6.07) is 5.66. The molecule has 0 unspecified atom stereocenters. The van der Waals surface area contributed by atoms with Gasteiger partial charge in [-0.05, 0) is 26.0 Å². The number of aryl methyl sites for hydroxylation is 2. The lowest BCUT2D eigenvalue weighted by Gasteiger charge is -2.09. The Balaban J connectivity index is 2.28. The lowest BCUT2D eigenvalue weighted by molar-refractivity contribution is 0.474. The zero-order valence-corrected chi connectivity index (χ0v) is 10.5. The number of rotatable bonds is 3. The van der Waals surface area contributed by atoms with Gasteiger partial charge in [-0.1, -0.05) is 0 Å². The van der Waals surface area contributed by atoms with Crippen LogP contribution in [0.15, 0.2) is 30.6 Å². The summed E-state index contributed by atoms with van der Waals surface area (Å²) in [5.41, 5.74) is 2.73. The van der Waals surface area contributed by atoms with Crippen molar-refractivity contribution in [3.8, 4) is 11.5 Å². The van der Waals surface area contributed by atoms with Crippen molar-refractivity contribution in [1.29, 1.82) is 0 Å². The molecule has 0 atom stereocenters. The molecule has 0 spiro atoms. The van der Waals surface area contributed by atoms with Crippen molar-refractivity contribution in [2.75, 3.05) is 0 Å². The van der Waals surface area contributed by atoms with Crippen molar-refractivity contribution in [2.45, 2.75) is 19.7 Å². The molecule has 2 aromatic heterocycles. The van der Waals surface area contributed by atoms with Crippen molar-refractivity contribution < 1.29 is 4.74 Å². The molecule has 2 aromatic rings. The molecule has 0 fully saturated rings. The molecule has 2 rings (SSSR count). The summed E-state index contributed by atoms with van der Waals surface area (Å²) in [6.45, 7) is 3.85. The van der Waals surface area contributed by atoms with E-state index >= 15 is 0 Å². The summed E-state index contributed by atoms with van der Waals surface area (Å²) < 4.78 is 5.75. The standard InChI is InChI=1S/C13H13ClN2O/c1-9-3-4-12(8-16-9)17-13-5-10(2)15-7-11(13)6-14/h3-5,7-8H,6H2,1-2H3. The maximum atomic E-state index is 5.84. The molecule has 0 saturated carbocycles. The topological polar surface area (TPSA) is 35.0 Å². The van der Waals surface area contributed by atoms with Gasteiger partial charge in [-0.2, -0.15) is 0 Å². The molecular weight excluding hydrogens is 236 g/mol. The van der Waals surface area contributed by atoms with Gasteiger partial charge in [0.1, 0.15) is 11.5 Å². The third kappa shape index (κ3) is 2.94. The van der Waals surface area contributed by atoms with Crippen molar-refractivity contribution in [3.05, 3.63) is 47.5 Å². The first-order chi connectivity index (χ1) is 8.19. The van der Waals surface area contributed by atoms with Crippen LogP contribution < -0.4 is 4.74 Å². The van der Waals surface area contributed by atoms with Crippen LogP contribution in [0.5, 0.6) is 11.5 Å². The van der Waals surface area contributed by atoms with Gasteiger partial charge in [-0.25, -0.2) is 0 Å². The molecule has 0 saturated heterocycles. The average Bonchev–Trinajstić information content (AvgIpc) is 2.32. The second-order valence-electron chi connectivity index (χ2n) is 3.80. The van der Waals surface area contributed by atoms with Crippen molar-refractivity contribution >= 4 is 11.6 Å². The monoisotopic (exact) mass is 248 g/mol. The maximum absolute atomic E-state index is 5.84. The molecule has 2 heterocycles. The van der Waals surface area contributed by atoms with Crippen LogP contribution in [0.25, 0.3) is 0 Å². The second-order valence-corrected chi connectivity index (χ2v) is 4.07. The predicted molar refractivity (Wildman–Crippen MR) is 67.6 cm³/mol. The van der Waals surface area contributed by atoms with Gasteiger partial charge in [0, 0.05) is 29.2 Å². The first kappa shape index (κ1) is 11.9. The summed E-state index contributed by atoms with van der Waals surface area (Å²) in [5.74, 6) is 1.81. The van der Waals surface area contributed by atoms with Gasteiger partial charge >= 0.3 is 0 Å². The van der Waals surface area contributed by atoms with Crippen LogP contribution in [0.4, 0.5) is 0 Å². The van der Waals surface area contributed by atoms with Crippen molar-refractivity contribution in [3.63, 3.8) is 0 Å². The van der Waals surface area contributed by atoms with E-state index < -0.39 is 0 Å². The lowest BCUT2D eigenvalue weighted by atomic mass is 10.2.